The van der Waals surface area contributed by atoms with Crippen molar-refractivity contribution < 1.29 is 0 Å². The fourth-order valence-corrected chi connectivity index (χ4v) is 4.29. The summed E-state index contributed by atoms with van der Waals surface area (Å²) in [4.78, 5) is 20.6. The van der Waals surface area contributed by atoms with Crippen molar-refractivity contribution in [2.24, 2.45) is 5.92 Å². The molecule has 1 aromatic heterocycles. The van der Waals surface area contributed by atoms with Gasteiger partial charge in [0.05, 0.1) is 16.9 Å². The number of fused-ring (bicyclic) bond motifs is 1. The molecule has 3 rings (SSSR count). The van der Waals surface area contributed by atoms with Gasteiger partial charge in [0.2, 0.25) is 0 Å². The molecule has 0 aliphatic carbocycles. The molecule has 142 valence electrons. The van der Waals surface area contributed by atoms with Gasteiger partial charge in [0, 0.05) is 30.7 Å². The standard InChI is InChI=1S/C20H29BrN4O/c1-4-6-18(24-10-9-22-12-14(3)13-24)19-23-17-8-7-15(21)11-16(17)20(26)25(19)5-2/h7-8,11,14,18,22H,4-6,9-10,12-13H2,1-3H3/t14-,18?/m0/s1. The summed E-state index contributed by atoms with van der Waals surface area (Å²) in [7, 11) is 0. The summed E-state index contributed by atoms with van der Waals surface area (Å²) in [6, 6.07) is 5.97. The summed E-state index contributed by atoms with van der Waals surface area (Å²) in [6.45, 7) is 11.2. The fraction of sp³-hybridized carbons (Fsp3) is 0.600. The molecule has 1 N–H and O–H groups in total. The van der Waals surface area contributed by atoms with Crippen molar-refractivity contribution >= 4 is 26.8 Å². The van der Waals surface area contributed by atoms with Crippen LogP contribution in [-0.4, -0.2) is 40.6 Å². The van der Waals surface area contributed by atoms with Crippen LogP contribution in [-0.2, 0) is 6.54 Å². The van der Waals surface area contributed by atoms with Crippen LogP contribution in [0.2, 0.25) is 0 Å². The molecule has 0 saturated carbocycles. The molecule has 1 aliphatic heterocycles. The molecular formula is C20H29BrN4O. The van der Waals surface area contributed by atoms with Crippen LogP contribution >= 0.6 is 15.9 Å². The number of hydrogen-bond donors (Lipinski definition) is 1. The normalized spacial score (nSPS) is 20.2. The molecule has 26 heavy (non-hydrogen) atoms. The zero-order chi connectivity index (χ0) is 18.7. The minimum absolute atomic E-state index is 0.0656. The highest BCUT2D eigenvalue weighted by atomic mass is 79.9. The summed E-state index contributed by atoms with van der Waals surface area (Å²) >= 11 is 3.47. The van der Waals surface area contributed by atoms with Gasteiger partial charge in [0.25, 0.3) is 5.56 Å². The average molecular weight is 421 g/mol. The van der Waals surface area contributed by atoms with Crippen LogP contribution < -0.4 is 10.9 Å². The number of nitrogens with one attached hydrogen (secondary N) is 1. The van der Waals surface area contributed by atoms with E-state index in [2.05, 4.69) is 40.0 Å². The highest BCUT2D eigenvalue weighted by Crippen LogP contribution is 2.27. The third-order valence-corrected chi connectivity index (χ3v) is 5.67. The van der Waals surface area contributed by atoms with Crippen LogP contribution in [0.4, 0.5) is 0 Å². The highest BCUT2D eigenvalue weighted by Gasteiger charge is 2.27. The van der Waals surface area contributed by atoms with Crippen molar-refractivity contribution in [3.05, 3.63) is 38.9 Å². The van der Waals surface area contributed by atoms with Gasteiger partial charge < -0.3 is 5.32 Å². The maximum absolute atomic E-state index is 13.1. The van der Waals surface area contributed by atoms with Gasteiger partial charge in [-0.1, -0.05) is 36.2 Å². The molecule has 1 aliphatic rings. The zero-order valence-corrected chi connectivity index (χ0v) is 17.6. The van der Waals surface area contributed by atoms with E-state index in [1.807, 2.05) is 29.7 Å². The van der Waals surface area contributed by atoms with Crippen LogP contribution in [0.25, 0.3) is 10.9 Å². The molecule has 2 aromatic rings. The molecular weight excluding hydrogens is 392 g/mol. The van der Waals surface area contributed by atoms with E-state index >= 15 is 0 Å². The third-order valence-electron chi connectivity index (χ3n) is 5.18. The summed E-state index contributed by atoms with van der Waals surface area (Å²) in [5, 5.41) is 4.20. The lowest BCUT2D eigenvalue weighted by Gasteiger charge is -2.32. The third kappa shape index (κ3) is 4.02. The number of halogens is 1. The van der Waals surface area contributed by atoms with Gasteiger partial charge in [-0.2, -0.15) is 0 Å². The van der Waals surface area contributed by atoms with Gasteiger partial charge in [-0.05, 0) is 44.0 Å². The fourth-order valence-electron chi connectivity index (χ4n) is 3.93. The highest BCUT2D eigenvalue weighted by molar-refractivity contribution is 9.10. The van der Waals surface area contributed by atoms with Crippen LogP contribution in [0.5, 0.6) is 0 Å². The molecule has 0 radical (unpaired) electrons. The smallest absolute Gasteiger partial charge is 0.261 e. The minimum atomic E-state index is 0.0656. The van der Waals surface area contributed by atoms with Gasteiger partial charge in [-0.3, -0.25) is 14.3 Å². The van der Waals surface area contributed by atoms with Gasteiger partial charge >= 0.3 is 0 Å². The Bertz CT molecular complexity index is 819. The second-order valence-corrected chi connectivity index (χ2v) is 8.21. The Labute approximate surface area is 163 Å². The number of hydrogen-bond acceptors (Lipinski definition) is 4. The molecule has 1 saturated heterocycles. The van der Waals surface area contributed by atoms with Crippen molar-refractivity contribution in [2.75, 3.05) is 26.2 Å². The Morgan fingerprint density at radius 1 is 1.38 bits per heavy atom. The van der Waals surface area contributed by atoms with E-state index in [-0.39, 0.29) is 11.6 Å². The van der Waals surface area contributed by atoms with Crippen molar-refractivity contribution in [3.8, 4) is 0 Å². The van der Waals surface area contributed by atoms with Crippen molar-refractivity contribution in [2.45, 2.75) is 46.2 Å². The largest absolute Gasteiger partial charge is 0.315 e. The molecule has 2 heterocycles. The molecule has 1 unspecified atom stereocenters. The van der Waals surface area contributed by atoms with E-state index in [1.54, 1.807) is 0 Å². The second kappa shape index (κ2) is 8.63. The van der Waals surface area contributed by atoms with Crippen molar-refractivity contribution in [1.82, 2.24) is 19.8 Å². The summed E-state index contributed by atoms with van der Waals surface area (Å²) in [5.74, 6) is 1.51. The van der Waals surface area contributed by atoms with Crippen LogP contribution in [0, 0.1) is 5.92 Å². The Hall–Kier alpha value is -1.24. The first-order valence-corrected chi connectivity index (χ1v) is 10.5. The first-order valence-electron chi connectivity index (χ1n) is 9.69. The van der Waals surface area contributed by atoms with Gasteiger partial charge in [0.1, 0.15) is 5.82 Å². The Kier molecular flexibility index (Phi) is 6.48. The predicted molar refractivity (Wildman–Crippen MR) is 111 cm³/mol. The SMILES string of the molecule is CCCC(c1nc2ccc(Br)cc2c(=O)n1CC)N1CCNC[C@H](C)C1. The van der Waals surface area contributed by atoms with Crippen LogP contribution in [0.15, 0.2) is 27.5 Å². The number of benzene rings is 1. The molecule has 0 bridgehead atoms. The molecule has 5 nitrogen and oxygen atoms in total. The summed E-state index contributed by atoms with van der Waals surface area (Å²) in [6.07, 6.45) is 2.09. The lowest BCUT2D eigenvalue weighted by atomic mass is 10.1. The van der Waals surface area contributed by atoms with Gasteiger partial charge in [0.15, 0.2) is 0 Å². The molecule has 2 atom stereocenters. The van der Waals surface area contributed by atoms with Gasteiger partial charge in [-0.25, -0.2) is 4.98 Å². The monoisotopic (exact) mass is 420 g/mol. The van der Waals surface area contributed by atoms with E-state index in [4.69, 9.17) is 4.98 Å². The van der Waals surface area contributed by atoms with E-state index in [1.165, 1.54) is 0 Å². The number of rotatable bonds is 5. The van der Waals surface area contributed by atoms with Gasteiger partial charge in [-0.15, -0.1) is 0 Å². The van der Waals surface area contributed by atoms with E-state index < -0.39 is 0 Å². The lowest BCUT2D eigenvalue weighted by molar-refractivity contribution is 0.169. The Morgan fingerprint density at radius 2 is 2.19 bits per heavy atom. The number of nitrogens with zero attached hydrogens (tertiary/aromatic N) is 3. The van der Waals surface area contributed by atoms with E-state index in [0.717, 1.165) is 54.8 Å². The summed E-state index contributed by atoms with van der Waals surface area (Å²) < 4.78 is 2.79. The molecule has 1 fully saturated rings. The lowest BCUT2D eigenvalue weighted by Crippen LogP contribution is -2.38. The predicted octanol–water partition coefficient (Wildman–Crippen LogP) is 3.56. The maximum atomic E-state index is 13.1. The van der Waals surface area contributed by atoms with E-state index in [9.17, 15) is 4.79 Å². The molecule has 6 heteroatoms. The maximum Gasteiger partial charge on any atom is 0.261 e. The second-order valence-electron chi connectivity index (χ2n) is 7.29. The van der Waals surface area contributed by atoms with Crippen molar-refractivity contribution in [1.29, 1.82) is 0 Å². The Balaban J connectivity index is 2.12. The molecule has 0 amide bonds. The van der Waals surface area contributed by atoms with Crippen LogP contribution in [0.1, 0.15) is 45.5 Å². The molecule has 0 spiro atoms. The molecule has 1 aromatic carbocycles. The van der Waals surface area contributed by atoms with E-state index in [0.29, 0.717) is 17.8 Å². The first-order chi connectivity index (χ1) is 12.5. The average Bonchev–Trinajstić information content (AvgIpc) is 2.84. The van der Waals surface area contributed by atoms with Crippen LogP contribution in [0.3, 0.4) is 0 Å². The first kappa shape index (κ1) is 19.5. The zero-order valence-electron chi connectivity index (χ0n) is 16.0. The topological polar surface area (TPSA) is 50.2 Å². The summed E-state index contributed by atoms with van der Waals surface area (Å²) in [5.41, 5.74) is 0.857. The minimum Gasteiger partial charge on any atom is -0.315 e. The number of aromatic nitrogens is 2. The van der Waals surface area contributed by atoms with Crippen molar-refractivity contribution in [3.63, 3.8) is 0 Å². The Morgan fingerprint density at radius 3 is 2.92 bits per heavy atom. The quantitative estimate of drug-likeness (QED) is 0.802.